The molecule has 0 amide bonds. The second kappa shape index (κ2) is 21.9. The van der Waals surface area contributed by atoms with Gasteiger partial charge in [0.15, 0.2) is 23.0 Å². The molecule has 2 N–H and O–H groups in total. The number of quaternary nitrogens is 1. The van der Waals surface area contributed by atoms with Gasteiger partial charge in [0.05, 0.1) is 65.0 Å². The summed E-state index contributed by atoms with van der Waals surface area (Å²) in [5.74, 6) is 2.20. The fourth-order valence-electron chi connectivity index (χ4n) is 4.52. The molecule has 0 aromatic heterocycles. The molecule has 0 atom stereocenters. The molecule has 1 aliphatic rings. The first-order valence-corrected chi connectivity index (χ1v) is 19.4. The van der Waals surface area contributed by atoms with Gasteiger partial charge in [0.1, 0.15) is 38.7 Å². The minimum absolute atomic E-state index is 0.249. The molecule has 0 saturated heterocycles. The summed E-state index contributed by atoms with van der Waals surface area (Å²) in [6.07, 6.45) is 2.38. The third kappa shape index (κ3) is 21.7. The number of benzene rings is 3. The van der Waals surface area contributed by atoms with Gasteiger partial charge in [0.25, 0.3) is 0 Å². The molecule has 4 rings (SSSR count). The van der Waals surface area contributed by atoms with E-state index in [2.05, 4.69) is 12.2 Å². The first-order valence-electron chi connectivity index (χ1n) is 17.4. The zero-order valence-corrected chi connectivity index (χ0v) is 30.9. The Morgan fingerprint density at radius 3 is 1.50 bits per heavy atom. The van der Waals surface area contributed by atoms with Crippen molar-refractivity contribution in [2.75, 3.05) is 85.8 Å². The number of carbonyl (C=O) groups excluding carboxylic acids is 1. The number of unbranched alkanes of at least 4 members (excludes halogenated alkanes) is 1. The molecule has 304 valence electrons. The van der Waals surface area contributed by atoms with E-state index in [1.807, 2.05) is 48.5 Å². The van der Waals surface area contributed by atoms with Gasteiger partial charge in [-0.1, -0.05) is 25.5 Å². The third-order valence-electron chi connectivity index (χ3n) is 6.99. The Balaban J connectivity index is 0.00000102. The fourth-order valence-corrected chi connectivity index (χ4v) is 4.52. The normalized spacial score (nSPS) is 16.9. The molecule has 1 aliphatic heterocycles. The van der Waals surface area contributed by atoms with Crippen molar-refractivity contribution in [2.24, 2.45) is 0 Å². The number of esters is 1. The molecule has 0 bridgehead atoms. The average Bonchev–Trinajstić information content (AvgIpc) is 3.11. The van der Waals surface area contributed by atoms with Gasteiger partial charge in [-0.2, -0.15) is 0 Å². The van der Waals surface area contributed by atoms with Gasteiger partial charge in [-0.3, -0.25) is 0 Å². The van der Waals surface area contributed by atoms with Crippen molar-refractivity contribution in [3.63, 3.8) is 0 Å². The number of hydrogen-bond donors (Lipinski definition) is 1. The van der Waals surface area contributed by atoms with Gasteiger partial charge in [-0.25, -0.2) is 4.79 Å². The summed E-state index contributed by atoms with van der Waals surface area (Å²) >= 11 is 0. The Morgan fingerprint density at radius 1 is 0.611 bits per heavy atom. The van der Waals surface area contributed by atoms with E-state index >= 15 is 0 Å². The van der Waals surface area contributed by atoms with E-state index in [-0.39, 0.29) is 13.2 Å². The molecule has 0 unspecified atom stereocenters. The van der Waals surface area contributed by atoms with Crippen molar-refractivity contribution >= 4 is 13.8 Å². The molecule has 0 saturated carbocycles. The number of nitrogens with two attached hydrogens (primary N) is 1. The maximum atomic E-state index is 13.0. The average molecular weight is 800 g/mol. The number of carbonyl (C=O) groups is 1. The molecule has 18 heteroatoms. The van der Waals surface area contributed by atoms with E-state index < -0.39 is 13.8 Å². The van der Waals surface area contributed by atoms with Crippen molar-refractivity contribution in [3.8, 4) is 28.7 Å². The van der Waals surface area contributed by atoms with Crippen LogP contribution in [-0.4, -0.2) is 91.8 Å². The van der Waals surface area contributed by atoms with E-state index in [0.29, 0.717) is 100 Å². The van der Waals surface area contributed by atoms with Crippen molar-refractivity contribution in [1.29, 1.82) is 0 Å². The summed E-state index contributed by atoms with van der Waals surface area (Å²) in [6, 6.07) is 20.1. The SMILES string of the molecule is CCCC[NH2+]Cc1ccc(OC(=O)c2ccc3c(c2)OCCOCCOCCOc2ccccc2OCCOCCOCCO3)cc1.F[P-](F)(F)(F)(F)F. The number of halogens is 6. The zero-order valence-electron chi connectivity index (χ0n) is 30.0. The van der Waals surface area contributed by atoms with E-state index in [4.69, 9.17) is 42.6 Å². The molecular formula is C36H48F6NO10P. The topological polar surface area (TPSA) is 117 Å². The van der Waals surface area contributed by atoms with Crippen LogP contribution in [0, 0.1) is 0 Å². The van der Waals surface area contributed by atoms with Crippen LogP contribution in [0.2, 0.25) is 0 Å². The monoisotopic (exact) mass is 799 g/mol. The van der Waals surface area contributed by atoms with Gasteiger partial charge in [0.2, 0.25) is 0 Å². The maximum absolute atomic E-state index is 13.0. The van der Waals surface area contributed by atoms with E-state index in [1.165, 1.54) is 18.4 Å². The molecular weight excluding hydrogens is 751 g/mol. The van der Waals surface area contributed by atoms with Gasteiger partial charge >= 0.3 is 39.0 Å². The summed E-state index contributed by atoms with van der Waals surface area (Å²) in [7, 11) is -10.7. The van der Waals surface area contributed by atoms with Gasteiger partial charge < -0.3 is 47.9 Å². The predicted molar refractivity (Wildman–Crippen MR) is 189 cm³/mol. The second-order valence-electron chi connectivity index (χ2n) is 11.6. The van der Waals surface area contributed by atoms with Crippen molar-refractivity contribution < 1.29 is 77.9 Å². The Bertz CT molecular complexity index is 1520. The number of fused-ring (bicyclic) bond motifs is 2. The van der Waals surface area contributed by atoms with Crippen LogP contribution >= 0.6 is 7.81 Å². The quantitative estimate of drug-likeness (QED) is 0.0850. The molecule has 0 fully saturated rings. The van der Waals surface area contributed by atoms with Crippen LogP contribution in [0.5, 0.6) is 28.7 Å². The third-order valence-corrected chi connectivity index (χ3v) is 6.99. The van der Waals surface area contributed by atoms with Crippen LogP contribution in [0.3, 0.4) is 0 Å². The summed E-state index contributed by atoms with van der Waals surface area (Å²) in [6.45, 7) is 8.60. The van der Waals surface area contributed by atoms with Gasteiger partial charge in [-0.15, -0.1) is 0 Å². The van der Waals surface area contributed by atoms with Crippen molar-refractivity contribution in [1.82, 2.24) is 0 Å². The van der Waals surface area contributed by atoms with Crippen LogP contribution in [0.1, 0.15) is 35.7 Å². The first-order chi connectivity index (χ1) is 25.7. The summed E-state index contributed by atoms with van der Waals surface area (Å²) in [5.41, 5.74) is 1.52. The van der Waals surface area contributed by atoms with Gasteiger partial charge in [-0.05, 0) is 61.0 Å². The molecule has 1 heterocycles. The minimum atomic E-state index is -10.7. The Hall–Kier alpha value is -3.86. The molecule has 11 nitrogen and oxygen atoms in total. The van der Waals surface area contributed by atoms with Crippen molar-refractivity contribution in [2.45, 2.75) is 26.3 Å². The predicted octanol–water partition coefficient (Wildman–Crippen LogP) is 7.45. The Labute approximate surface area is 310 Å². The van der Waals surface area contributed by atoms with E-state index in [0.717, 1.165) is 13.1 Å². The zero-order chi connectivity index (χ0) is 39.2. The number of para-hydroxylation sites is 2. The Morgan fingerprint density at radius 2 is 1.04 bits per heavy atom. The standard InChI is InChI=1S/C36H47NO10.F6P/c1-2-3-14-37-28-29-8-11-31(12-9-29)47-36(38)30-10-13-34-35(27-30)46-26-22-42-18-17-40-20-24-44-33-7-5-4-6-32(33)43-23-19-39-15-16-41-21-25-45-34;1-7(2,3,4,5)6/h4-13,27,37H,2-3,14-26,28H2,1H3;/q;-1/p+1. The molecule has 54 heavy (non-hydrogen) atoms. The molecule has 3 aromatic rings. The molecule has 3 aromatic carbocycles. The summed E-state index contributed by atoms with van der Waals surface area (Å²) < 4.78 is 111. The fraction of sp³-hybridized carbons (Fsp3) is 0.472. The summed E-state index contributed by atoms with van der Waals surface area (Å²) in [4.78, 5) is 13.0. The van der Waals surface area contributed by atoms with Gasteiger partial charge in [0, 0.05) is 5.56 Å². The second-order valence-corrected chi connectivity index (χ2v) is 13.5. The molecule has 0 spiro atoms. The van der Waals surface area contributed by atoms with Crippen LogP contribution in [-0.2, 0) is 25.5 Å². The molecule has 0 radical (unpaired) electrons. The molecule has 0 aliphatic carbocycles. The first kappa shape index (κ1) is 44.5. The van der Waals surface area contributed by atoms with Crippen molar-refractivity contribution in [3.05, 3.63) is 77.9 Å². The van der Waals surface area contributed by atoms with Crippen LogP contribution in [0.15, 0.2) is 66.7 Å². The number of hydrogen-bond acceptors (Lipinski definition) is 10. The van der Waals surface area contributed by atoms with E-state index in [1.54, 1.807) is 18.2 Å². The Kier molecular flexibility index (Phi) is 18.0. The number of rotatable bonds is 7. The van der Waals surface area contributed by atoms with Crippen LogP contribution < -0.4 is 29.0 Å². The summed E-state index contributed by atoms with van der Waals surface area (Å²) in [5, 5.41) is 2.28. The van der Waals surface area contributed by atoms with Crippen LogP contribution in [0.25, 0.3) is 0 Å². The number of ether oxygens (including phenoxy) is 9. The van der Waals surface area contributed by atoms with E-state index in [9.17, 15) is 30.0 Å². The van der Waals surface area contributed by atoms with Crippen LogP contribution in [0.4, 0.5) is 25.2 Å².